The topological polar surface area (TPSA) is 55.8 Å². The van der Waals surface area contributed by atoms with Crippen LogP contribution < -0.4 is 4.74 Å². The Morgan fingerprint density at radius 2 is 1.59 bits per heavy atom. The van der Waals surface area contributed by atoms with Gasteiger partial charge in [0.25, 0.3) is 5.91 Å². The Morgan fingerprint density at radius 3 is 2.17 bits per heavy atom. The molecule has 0 atom stereocenters. The molecule has 154 valence electrons. The van der Waals surface area contributed by atoms with Crippen molar-refractivity contribution in [1.29, 1.82) is 0 Å². The molecule has 0 aliphatic carbocycles. The van der Waals surface area contributed by atoms with Crippen LogP contribution in [0.4, 0.5) is 0 Å². The minimum atomic E-state index is -0.391. The van der Waals surface area contributed by atoms with Gasteiger partial charge in [-0.15, -0.1) is 0 Å². The fraction of sp³-hybridized carbons (Fsp3) is 0.417. The summed E-state index contributed by atoms with van der Waals surface area (Å²) in [7, 11) is 1.35. The third kappa shape index (κ3) is 5.59. The summed E-state index contributed by atoms with van der Waals surface area (Å²) in [5.41, 5.74) is 2.40. The predicted octanol–water partition coefficient (Wildman–Crippen LogP) is 4.36. The number of carbonyl (C=O) groups is 2. The Hall–Kier alpha value is -2.82. The lowest BCUT2D eigenvalue weighted by molar-refractivity contribution is 0.0599. The van der Waals surface area contributed by atoms with Crippen molar-refractivity contribution in [3.63, 3.8) is 0 Å². The van der Waals surface area contributed by atoms with Crippen molar-refractivity contribution in [2.24, 2.45) is 5.92 Å². The average Bonchev–Trinajstić information content (AvgIpc) is 2.78. The molecule has 5 nitrogen and oxygen atoms in total. The average molecular weight is 395 g/mol. The summed E-state index contributed by atoms with van der Waals surface area (Å²) >= 11 is 0. The Morgan fingerprint density at radius 1 is 0.966 bits per heavy atom. The molecule has 2 aromatic rings. The SMILES string of the molecule is CCOc1ccc(CCC2CCN(C(=O)c3ccc(C(=O)OC)cc3)CC2)cc1. The van der Waals surface area contributed by atoms with E-state index in [1.54, 1.807) is 24.3 Å². The van der Waals surface area contributed by atoms with Gasteiger partial charge in [0.2, 0.25) is 0 Å². The molecule has 0 radical (unpaired) electrons. The second kappa shape index (κ2) is 10.1. The van der Waals surface area contributed by atoms with Crippen molar-refractivity contribution >= 4 is 11.9 Å². The first kappa shape index (κ1) is 20.9. The van der Waals surface area contributed by atoms with E-state index >= 15 is 0 Å². The number of carbonyl (C=O) groups excluding carboxylic acids is 2. The van der Waals surface area contributed by atoms with Gasteiger partial charge in [0.1, 0.15) is 5.75 Å². The van der Waals surface area contributed by atoms with E-state index in [0.29, 0.717) is 23.7 Å². The molecule has 0 saturated carbocycles. The van der Waals surface area contributed by atoms with Gasteiger partial charge in [-0.1, -0.05) is 12.1 Å². The van der Waals surface area contributed by atoms with Gasteiger partial charge in [0, 0.05) is 18.7 Å². The van der Waals surface area contributed by atoms with Gasteiger partial charge in [-0.3, -0.25) is 4.79 Å². The second-order valence-corrected chi connectivity index (χ2v) is 7.42. The van der Waals surface area contributed by atoms with Gasteiger partial charge >= 0.3 is 5.97 Å². The molecule has 0 N–H and O–H groups in total. The number of esters is 1. The quantitative estimate of drug-likeness (QED) is 0.654. The van der Waals surface area contributed by atoms with Crippen LogP contribution >= 0.6 is 0 Å². The highest BCUT2D eigenvalue weighted by Crippen LogP contribution is 2.24. The zero-order valence-electron chi connectivity index (χ0n) is 17.2. The number of amides is 1. The Labute approximate surface area is 172 Å². The van der Waals surface area contributed by atoms with Crippen LogP contribution in [0.2, 0.25) is 0 Å². The smallest absolute Gasteiger partial charge is 0.337 e. The molecule has 1 saturated heterocycles. The van der Waals surface area contributed by atoms with Crippen molar-refractivity contribution in [2.45, 2.75) is 32.6 Å². The highest BCUT2D eigenvalue weighted by Gasteiger charge is 2.23. The molecule has 1 aliphatic heterocycles. The summed E-state index contributed by atoms with van der Waals surface area (Å²) in [5, 5.41) is 0. The lowest BCUT2D eigenvalue weighted by Crippen LogP contribution is -2.38. The maximum absolute atomic E-state index is 12.7. The van der Waals surface area contributed by atoms with Gasteiger partial charge in [-0.2, -0.15) is 0 Å². The third-order valence-corrected chi connectivity index (χ3v) is 5.53. The number of nitrogens with zero attached hydrogens (tertiary/aromatic N) is 1. The summed E-state index contributed by atoms with van der Waals surface area (Å²) in [6.07, 6.45) is 4.26. The molecule has 3 rings (SSSR count). The summed E-state index contributed by atoms with van der Waals surface area (Å²) in [6.45, 7) is 4.24. The molecule has 2 aromatic carbocycles. The van der Waals surface area contributed by atoms with Gasteiger partial charge < -0.3 is 14.4 Å². The minimum absolute atomic E-state index is 0.0337. The number of hydrogen-bond donors (Lipinski definition) is 0. The van der Waals surface area contributed by atoms with E-state index in [1.807, 2.05) is 24.0 Å². The summed E-state index contributed by atoms with van der Waals surface area (Å²) in [4.78, 5) is 26.2. The number of aryl methyl sites for hydroxylation is 1. The first-order valence-electron chi connectivity index (χ1n) is 10.3. The van der Waals surface area contributed by atoms with E-state index in [1.165, 1.54) is 12.7 Å². The molecule has 1 amide bonds. The van der Waals surface area contributed by atoms with Gasteiger partial charge in [-0.05, 0) is 80.5 Å². The van der Waals surface area contributed by atoms with Crippen molar-refractivity contribution < 1.29 is 19.1 Å². The Bertz CT molecular complexity index is 806. The Balaban J connectivity index is 1.46. The van der Waals surface area contributed by atoms with Crippen molar-refractivity contribution in [3.8, 4) is 5.75 Å². The molecule has 1 aliphatic rings. The number of ether oxygens (including phenoxy) is 2. The fourth-order valence-electron chi connectivity index (χ4n) is 3.76. The maximum Gasteiger partial charge on any atom is 0.337 e. The number of methoxy groups -OCH3 is 1. The first-order valence-corrected chi connectivity index (χ1v) is 10.3. The predicted molar refractivity (Wildman–Crippen MR) is 112 cm³/mol. The van der Waals surface area contributed by atoms with E-state index in [9.17, 15) is 9.59 Å². The van der Waals surface area contributed by atoms with Gasteiger partial charge in [-0.25, -0.2) is 4.79 Å². The highest BCUT2D eigenvalue weighted by atomic mass is 16.5. The number of hydrogen-bond acceptors (Lipinski definition) is 4. The summed E-state index contributed by atoms with van der Waals surface area (Å²) in [5.74, 6) is 1.21. The van der Waals surface area contributed by atoms with Gasteiger partial charge in [0.05, 0.1) is 19.3 Å². The molecule has 0 bridgehead atoms. The van der Waals surface area contributed by atoms with Crippen LogP contribution in [0.3, 0.4) is 0 Å². The fourth-order valence-corrected chi connectivity index (χ4v) is 3.76. The van der Waals surface area contributed by atoms with Crippen LogP contribution in [0.15, 0.2) is 48.5 Å². The molecule has 1 fully saturated rings. The van der Waals surface area contributed by atoms with Crippen LogP contribution in [-0.4, -0.2) is 43.6 Å². The van der Waals surface area contributed by atoms with Crippen LogP contribution in [0, 0.1) is 5.92 Å². The van der Waals surface area contributed by atoms with Crippen LogP contribution in [0.1, 0.15) is 52.5 Å². The van der Waals surface area contributed by atoms with E-state index in [2.05, 4.69) is 12.1 Å². The number of likely N-dealkylation sites (tertiary alicyclic amines) is 1. The molecular weight excluding hydrogens is 366 g/mol. The molecule has 29 heavy (non-hydrogen) atoms. The summed E-state index contributed by atoms with van der Waals surface area (Å²) in [6, 6.07) is 15.0. The zero-order chi connectivity index (χ0) is 20.6. The number of piperidine rings is 1. The molecular formula is C24H29NO4. The molecule has 0 spiro atoms. The van der Waals surface area contributed by atoms with Crippen molar-refractivity contribution in [2.75, 3.05) is 26.8 Å². The first-order chi connectivity index (χ1) is 14.1. The zero-order valence-corrected chi connectivity index (χ0v) is 17.2. The van der Waals surface area contributed by atoms with Crippen LogP contribution in [0.5, 0.6) is 5.75 Å². The maximum atomic E-state index is 12.7. The third-order valence-electron chi connectivity index (χ3n) is 5.53. The van der Waals surface area contributed by atoms with Crippen molar-refractivity contribution in [3.05, 3.63) is 65.2 Å². The van der Waals surface area contributed by atoms with Crippen LogP contribution in [0.25, 0.3) is 0 Å². The van der Waals surface area contributed by atoms with E-state index in [0.717, 1.165) is 44.5 Å². The second-order valence-electron chi connectivity index (χ2n) is 7.42. The lowest BCUT2D eigenvalue weighted by Gasteiger charge is -2.32. The molecule has 0 aromatic heterocycles. The normalized spacial score (nSPS) is 14.5. The number of rotatable bonds is 7. The molecule has 0 unspecified atom stereocenters. The molecule has 1 heterocycles. The van der Waals surface area contributed by atoms with E-state index < -0.39 is 5.97 Å². The Kier molecular flexibility index (Phi) is 7.28. The lowest BCUT2D eigenvalue weighted by atomic mass is 9.90. The standard InChI is InChI=1S/C24H29NO4/c1-3-29-22-12-6-18(7-13-22)4-5-19-14-16-25(17-15-19)23(26)20-8-10-21(11-9-20)24(27)28-2/h6-13,19H,3-5,14-17H2,1-2H3. The number of benzene rings is 2. The largest absolute Gasteiger partial charge is 0.494 e. The monoisotopic (exact) mass is 395 g/mol. The van der Waals surface area contributed by atoms with Crippen LogP contribution in [-0.2, 0) is 11.2 Å². The van der Waals surface area contributed by atoms with E-state index in [-0.39, 0.29) is 5.91 Å². The minimum Gasteiger partial charge on any atom is -0.494 e. The molecule has 5 heteroatoms. The summed E-state index contributed by atoms with van der Waals surface area (Å²) < 4.78 is 10.2. The van der Waals surface area contributed by atoms with Gasteiger partial charge in [0.15, 0.2) is 0 Å². The van der Waals surface area contributed by atoms with E-state index in [4.69, 9.17) is 9.47 Å². The highest BCUT2D eigenvalue weighted by molar-refractivity contribution is 5.96. The van der Waals surface area contributed by atoms with Crippen molar-refractivity contribution in [1.82, 2.24) is 4.90 Å².